The first-order valence-electron chi connectivity index (χ1n) is 11.6. The number of para-hydroxylation sites is 1. The van der Waals surface area contributed by atoms with Crippen LogP contribution >= 0.6 is 0 Å². The Bertz CT molecular complexity index is 1250. The SMILES string of the molecule is O=C(c1ccc(C[N+]2(c3ccc4c(c3)OCCO4)N=Cc3ccccc32)cc1)N1CCOCC1. The molecule has 3 aliphatic rings. The molecular formula is C27H26N3O4+. The van der Waals surface area contributed by atoms with E-state index in [0.29, 0.717) is 56.2 Å². The van der Waals surface area contributed by atoms with E-state index in [9.17, 15) is 4.79 Å². The van der Waals surface area contributed by atoms with Gasteiger partial charge in [0, 0.05) is 42.4 Å². The predicted octanol–water partition coefficient (Wildman–Crippen LogP) is 4.12. The molecule has 0 saturated carbocycles. The molecule has 0 spiro atoms. The number of nitrogens with zero attached hydrogens (tertiary/aromatic N) is 3. The first kappa shape index (κ1) is 20.9. The van der Waals surface area contributed by atoms with Gasteiger partial charge >= 0.3 is 0 Å². The Hall–Kier alpha value is -3.68. The minimum absolute atomic E-state index is 0.0510. The van der Waals surface area contributed by atoms with Gasteiger partial charge in [0.2, 0.25) is 0 Å². The fraction of sp³-hybridized carbons (Fsp3) is 0.259. The van der Waals surface area contributed by atoms with Crippen molar-refractivity contribution in [1.29, 1.82) is 0 Å². The molecule has 1 saturated heterocycles. The lowest BCUT2D eigenvalue weighted by atomic mass is 10.1. The van der Waals surface area contributed by atoms with Gasteiger partial charge in [-0.15, -0.1) is 4.59 Å². The molecule has 3 aromatic carbocycles. The van der Waals surface area contributed by atoms with E-state index < -0.39 is 0 Å². The fourth-order valence-electron chi connectivity index (χ4n) is 4.81. The van der Waals surface area contributed by atoms with Crippen molar-refractivity contribution < 1.29 is 19.0 Å². The number of benzene rings is 3. The Labute approximate surface area is 198 Å². The van der Waals surface area contributed by atoms with Gasteiger partial charge in [-0.25, -0.2) is 0 Å². The lowest BCUT2D eigenvalue weighted by molar-refractivity contribution is 0.0303. The van der Waals surface area contributed by atoms with E-state index in [4.69, 9.17) is 19.3 Å². The van der Waals surface area contributed by atoms with Gasteiger partial charge < -0.3 is 19.1 Å². The fourth-order valence-corrected chi connectivity index (χ4v) is 4.81. The van der Waals surface area contributed by atoms with Crippen LogP contribution in [-0.2, 0) is 11.3 Å². The number of carbonyl (C=O) groups is 1. The second-order valence-corrected chi connectivity index (χ2v) is 8.66. The number of amides is 1. The first-order valence-corrected chi connectivity index (χ1v) is 11.6. The highest BCUT2D eigenvalue weighted by Crippen LogP contribution is 2.45. The average Bonchev–Trinajstić information content (AvgIpc) is 3.28. The van der Waals surface area contributed by atoms with E-state index in [0.717, 1.165) is 34.0 Å². The van der Waals surface area contributed by atoms with Gasteiger partial charge in [0.25, 0.3) is 5.91 Å². The first-order chi connectivity index (χ1) is 16.7. The summed E-state index contributed by atoms with van der Waals surface area (Å²) in [6.07, 6.45) is 1.93. The number of hydrogen-bond acceptors (Lipinski definition) is 5. The second-order valence-electron chi connectivity index (χ2n) is 8.66. The Morgan fingerprint density at radius 1 is 0.882 bits per heavy atom. The van der Waals surface area contributed by atoms with Crippen LogP contribution in [0.15, 0.2) is 71.8 Å². The summed E-state index contributed by atoms with van der Waals surface area (Å²) in [5, 5.41) is 5.01. The summed E-state index contributed by atoms with van der Waals surface area (Å²) in [4.78, 5) is 14.7. The number of carbonyl (C=O) groups excluding carboxylic acids is 1. The summed E-state index contributed by atoms with van der Waals surface area (Å²) in [5.74, 6) is 1.55. The molecule has 0 aliphatic carbocycles. The van der Waals surface area contributed by atoms with Gasteiger partial charge in [-0.05, 0) is 24.3 Å². The summed E-state index contributed by atoms with van der Waals surface area (Å²) in [5.41, 5.74) is 4.98. The highest BCUT2D eigenvalue weighted by atomic mass is 16.6. The zero-order valence-corrected chi connectivity index (χ0v) is 18.9. The van der Waals surface area contributed by atoms with Gasteiger partial charge in [0.1, 0.15) is 19.8 Å². The Morgan fingerprint density at radius 3 is 2.47 bits per heavy atom. The second kappa shape index (κ2) is 8.59. The van der Waals surface area contributed by atoms with Crippen LogP contribution in [0.5, 0.6) is 11.5 Å². The smallest absolute Gasteiger partial charge is 0.254 e. The Kier molecular flexibility index (Phi) is 5.28. The van der Waals surface area contributed by atoms with Crippen molar-refractivity contribution in [2.75, 3.05) is 39.5 Å². The molecule has 3 aromatic rings. The molecule has 0 bridgehead atoms. The molecule has 7 nitrogen and oxygen atoms in total. The predicted molar refractivity (Wildman–Crippen MR) is 130 cm³/mol. The molecule has 1 unspecified atom stereocenters. The van der Waals surface area contributed by atoms with Gasteiger partial charge in [-0.1, -0.05) is 29.4 Å². The van der Waals surface area contributed by atoms with Crippen LogP contribution in [0.2, 0.25) is 0 Å². The summed E-state index contributed by atoms with van der Waals surface area (Å²) < 4.78 is 17.3. The molecular weight excluding hydrogens is 430 g/mol. The quantitative estimate of drug-likeness (QED) is 0.555. The van der Waals surface area contributed by atoms with Gasteiger partial charge in [0.15, 0.2) is 22.9 Å². The lowest BCUT2D eigenvalue weighted by Gasteiger charge is -2.30. The van der Waals surface area contributed by atoms with E-state index in [-0.39, 0.29) is 5.91 Å². The third-order valence-corrected chi connectivity index (χ3v) is 6.59. The van der Waals surface area contributed by atoms with Crippen molar-refractivity contribution in [2.45, 2.75) is 6.54 Å². The number of quaternary nitrogens is 1. The Morgan fingerprint density at radius 2 is 1.65 bits per heavy atom. The maximum atomic E-state index is 12.9. The molecule has 34 heavy (non-hydrogen) atoms. The van der Waals surface area contributed by atoms with E-state index in [1.54, 1.807) is 0 Å². The van der Waals surface area contributed by atoms with Crippen LogP contribution in [0.4, 0.5) is 11.4 Å². The molecule has 7 heteroatoms. The van der Waals surface area contributed by atoms with Crippen molar-refractivity contribution in [2.24, 2.45) is 5.10 Å². The van der Waals surface area contributed by atoms with Gasteiger partial charge in [-0.3, -0.25) is 4.79 Å². The lowest BCUT2D eigenvalue weighted by Crippen LogP contribution is -2.40. The number of fused-ring (bicyclic) bond motifs is 2. The van der Waals surface area contributed by atoms with Crippen molar-refractivity contribution in [3.8, 4) is 11.5 Å². The Balaban J connectivity index is 1.34. The van der Waals surface area contributed by atoms with Gasteiger partial charge in [0.05, 0.1) is 25.0 Å². The molecule has 6 rings (SSSR count). The number of rotatable bonds is 4. The third kappa shape index (κ3) is 3.63. The minimum Gasteiger partial charge on any atom is -0.486 e. The van der Waals surface area contributed by atoms with E-state index >= 15 is 0 Å². The van der Waals surface area contributed by atoms with Crippen LogP contribution in [0.1, 0.15) is 21.5 Å². The molecule has 1 amide bonds. The number of hydrogen-bond donors (Lipinski definition) is 0. The molecule has 0 aromatic heterocycles. The molecule has 0 radical (unpaired) electrons. The van der Waals surface area contributed by atoms with Crippen LogP contribution in [0, 0.1) is 0 Å². The van der Waals surface area contributed by atoms with Crippen molar-refractivity contribution in [3.05, 3.63) is 83.4 Å². The molecule has 1 fully saturated rings. The molecule has 1 atom stereocenters. The molecule has 3 heterocycles. The van der Waals surface area contributed by atoms with E-state index in [1.807, 2.05) is 59.6 Å². The number of ether oxygens (including phenoxy) is 3. The molecule has 0 N–H and O–H groups in total. The highest BCUT2D eigenvalue weighted by Gasteiger charge is 2.40. The van der Waals surface area contributed by atoms with Crippen LogP contribution < -0.4 is 14.1 Å². The minimum atomic E-state index is 0.0510. The third-order valence-electron chi connectivity index (χ3n) is 6.59. The van der Waals surface area contributed by atoms with E-state index in [1.165, 1.54) is 0 Å². The monoisotopic (exact) mass is 456 g/mol. The maximum Gasteiger partial charge on any atom is 0.254 e. The summed E-state index contributed by atoms with van der Waals surface area (Å²) in [6.45, 7) is 4.16. The normalized spacial score (nSPS) is 20.8. The zero-order chi connectivity index (χ0) is 23.0. The summed E-state index contributed by atoms with van der Waals surface area (Å²) >= 11 is 0. The van der Waals surface area contributed by atoms with Gasteiger partial charge in [-0.2, -0.15) is 0 Å². The largest absolute Gasteiger partial charge is 0.486 e. The zero-order valence-electron chi connectivity index (χ0n) is 18.9. The van der Waals surface area contributed by atoms with Crippen LogP contribution in [0.3, 0.4) is 0 Å². The average molecular weight is 457 g/mol. The maximum absolute atomic E-state index is 12.9. The summed E-state index contributed by atoms with van der Waals surface area (Å²) in [7, 11) is 0. The number of morpholine rings is 1. The molecule has 3 aliphatic heterocycles. The van der Waals surface area contributed by atoms with Crippen LogP contribution in [0.25, 0.3) is 0 Å². The topological polar surface area (TPSA) is 60.4 Å². The molecule has 172 valence electrons. The van der Waals surface area contributed by atoms with Crippen molar-refractivity contribution in [1.82, 2.24) is 9.49 Å². The highest BCUT2D eigenvalue weighted by molar-refractivity contribution is 5.94. The van der Waals surface area contributed by atoms with E-state index in [2.05, 4.69) is 18.2 Å². The van der Waals surface area contributed by atoms with Crippen molar-refractivity contribution in [3.63, 3.8) is 0 Å². The standard InChI is InChI=1S/C27H26N3O4/c31-27(29-11-13-32-14-12-29)21-7-5-20(6-8-21)19-30(24-4-2-1-3-22(24)18-28-30)23-9-10-25-26(17-23)34-16-15-33-25/h1-10,17-18H,11-16,19H2/q+1. The van der Waals surface area contributed by atoms with Crippen molar-refractivity contribution >= 4 is 23.5 Å². The summed E-state index contributed by atoms with van der Waals surface area (Å²) in [6, 6.07) is 22.2. The van der Waals surface area contributed by atoms with Crippen LogP contribution in [-0.4, -0.2) is 56.5 Å².